The van der Waals surface area contributed by atoms with Crippen LogP contribution in [0.15, 0.2) is 0 Å². The Labute approximate surface area is 95.2 Å². The minimum atomic E-state index is 0. The maximum atomic E-state index is 8.28. The largest absolute Gasteiger partial charge is 0 e. The van der Waals surface area contributed by atoms with Crippen LogP contribution in [0.2, 0.25) is 0 Å². The third kappa shape index (κ3) is 20.3. The fraction of sp³-hybridized carbons (Fsp3) is 0. The molecule has 0 bridgehead atoms. The van der Waals surface area contributed by atoms with Gasteiger partial charge in [-0.1, -0.05) is 0 Å². The molecule has 0 spiro atoms. The molecule has 5 heteroatoms. The zero-order chi connectivity index (χ0) is 2.00. The molecule has 0 aliphatic heterocycles. The molecule has 0 saturated carbocycles. The normalized spacial score (nSPS) is 0.600. The summed E-state index contributed by atoms with van der Waals surface area (Å²) in [6.07, 6.45) is 0. The fourth-order valence-corrected chi connectivity index (χ4v) is 0. The Hall–Kier alpha value is 2.69. The van der Waals surface area contributed by atoms with Gasteiger partial charge in [-0.05, 0) is 0 Å². The van der Waals surface area contributed by atoms with Crippen LogP contribution in [0.1, 0.15) is 0 Å². The molecule has 0 aliphatic carbocycles. The van der Waals surface area contributed by atoms with Crippen molar-refractivity contribution in [1.82, 2.24) is 0 Å². The minimum absolute atomic E-state index is 0. The molecule has 5 heavy (non-hydrogen) atoms. The van der Waals surface area contributed by atoms with Crippen LogP contribution in [-0.2, 0) is 36.5 Å². The van der Waals surface area contributed by atoms with Gasteiger partial charge in [0.15, 0.2) is 0 Å². The van der Waals surface area contributed by atoms with Crippen LogP contribution in [0.5, 0.6) is 0 Å². The van der Waals surface area contributed by atoms with E-state index in [2.05, 4.69) is 0 Å². The van der Waals surface area contributed by atoms with Gasteiger partial charge in [0.1, 0.15) is 0 Å². The van der Waals surface area contributed by atoms with Gasteiger partial charge < -0.3 is 0 Å². The molecule has 29 valence electrons. The van der Waals surface area contributed by atoms with E-state index >= 15 is 0 Å². The fourth-order valence-electron chi connectivity index (χ4n) is 0. The molecule has 0 aromatic rings. The maximum Gasteiger partial charge on any atom is 0 e. The van der Waals surface area contributed by atoms with E-state index in [1.165, 1.54) is 0 Å². The van der Waals surface area contributed by atoms with Crippen molar-refractivity contribution in [3.8, 4) is 0 Å². The molecule has 0 aromatic heterocycles. The van der Waals surface area contributed by atoms with Gasteiger partial charge in [-0.2, -0.15) is 0 Å². The van der Waals surface area contributed by atoms with E-state index in [0.717, 1.165) is 0 Å². The van der Waals surface area contributed by atoms with Gasteiger partial charge in [0.25, 0.3) is 0 Å². The van der Waals surface area contributed by atoms with Crippen LogP contribution in [0, 0.1) is 39.9 Å². The Morgan fingerprint density at radius 3 is 1.20 bits per heavy atom. The Bertz CT molecular complexity index is 11.6. The van der Waals surface area contributed by atoms with Gasteiger partial charge in [-0.3, -0.25) is 4.70 Å². The summed E-state index contributed by atoms with van der Waals surface area (Å²) in [4.78, 5) is 0. The Morgan fingerprint density at radius 1 is 1.20 bits per heavy atom. The molecule has 0 unspecified atom stereocenters. The number of halogens is 1. The summed E-state index contributed by atoms with van der Waals surface area (Å²) >= 11 is 0.611. The van der Waals surface area contributed by atoms with Crippen LogP contribution in [0.25, 0.3) is 0 Å². The summed E-state index contributed by atoms with van der Waals surface area (Å²) in [5, 5.41) is 0. The zero-order valence-corrected chi connectivity index (χ0v) is 8.98. The molecule has 0 amide bonds. The zero-order valence-electron chi connectivity index (χ0n) is 2.45. The molecule has 0 heterocycles. The number of hydrogen-bond donors (Lipinski definition) is 0. The number of hydrogen-bond acceptors (Lipinski definition) is 1. The molecular formula is H2AlFGdOY. The molecule has 0 rings (SSSR count). The molecule has 0 atom stereocenters. The van der Waals surface area contributed by atoms with E-state index in [-0.39, 0.29) is 77.4 Å². The smallest absolute Gasteiger partial charge is 0 e. The van der Waals surface area contributed by atoms with Gasteiger partial charge in [0.05, 0.1) is 0 Å². The Kier molecular flexibility index (Phi) is 151. The van der Waals surface area contributed by atoms with E-state index in [1.54, 1.807) is 0 Å². The van der Waals surface area contributed by atoms with Crippen molar-refractivity contribution in [2.45, 2.75) is 0 Å². The van der Waals surface area contributed by atoms with Gasteiger partial charge >= 0.3 is 20.0 Å². The molecule has 0 aliphatic rings. The van der Waals surface area contributed by atoms with Gasteiger partial charge in [0, 0.05) is 72.6 Å². The van der Waals surface area contributed by atoms with Crippen LogP contribution in [0.3, 0.4) is 0 Å². The Balaban J connectivity index is -0.00000000167. The SMILES string of the molecule is F.[Gd].[O]=[AlH].[Y]. The summed E-state index contributed by atoms with van der Waals surface area (Å²) in [6, 6.07) is 0. The molecule has 0 saturated heterocycles. The second kappa shape index (κ2) is 29.9. The van der Waals surface area contributed by atoms with E-state index in [1.807, 2.05) is 0 Å². The molecule has 1 nitrogen and oxygen atoms in total. The second-order valence-electron chi connectivity index (χ2n) is 0. The summed E-state index contributed by atoms with van der Waals surface area (Å²) < 4.78 is 8.28. The van der Waals surface area contributed by atoms with Gasteiger partial charge in [0.2, 0.25) is 0 Å². The monoisotopic (exact) mass is 311 g/mol. The predicted octanol–water partition coefficient (Wildman–Crippen LogP) is -0.617. The maximum absolute atomic E-state index is 8.28. The van der Waals surface area contributed by atoms with Crippen molar-refractivity contribution in [3.63, 3.8) is 0 Å². The molecule has 0 aromatic carbocycles. The second-order valence-corrected chi connectivity index (χ2v) is 0. The van der Waals surface area contributed by atoms with Crippen molar-refractivity contribution >= 4 is 16.2 Å². The molecule has 1 radical (unpaired) electrons. The van der Waals surface area contributed by atoms with Crippen molar-refractivity contribution in [2.24, 2.45) is 0 Å². The molecule has 0 fully saturated rings. The van der Waals surface area contributed by atoms with Crippen molar-refractivity contribution in [2.75, 3.05) is 0 Å². The van der Waals surface area contributed by atoms with Gasteiger partial charge in [-0.15, -0.1) is 0 Å². The summed E-state index contributed by atoms with van der Waals surface area (Å²) in [5.74, 6) is 0. The average molecular weight is 310 g/mol. The van der Waals surface area contributed by atoms with Crippen LogP contribution >= 0.6 is 0 Å². The van der Waals surface area contributed by atoms with Crippen molar-refractivity contribution < 1.29 is 81.2 Å². The minimum Gasteiger partial charge on any atom is 0 e. The molecular weight excluding hydrogens is 308 g/mol. The first-order valence-corrected chi connectivity index (χ1v) is 0.866. The summed E-state index contributed by atoms with van der Waals surface area (Å²) in [7, 11) is 0. The quantitative estimate of drug-likeness (QED) is 0.545. The van der Waals surface area contributed by atoms with Gasteiger partial charge in [-0.25, -0.2) is 0 Å². The average Bonchev–Trinajstić information content (AvgIpc) is 1.00. The third-order valence-corrected chi connectivity index (χ3v) is 0. The van der Waals surface area contributed by atoms with Crippen LogP contribution in [-0.4, -0.2) is 16.2 Å². The van der Waals surface area contributed by atoms with Crippen molar-refractivity contribution in [3.05, 3.63) is 0 Å². The Morgan fingerprint density at radius 2 is 1.20 bits per heavy atom. The summed E-state index contributed by atoms with van der Waals surface area (Å²) in [5.41, 5.74) is 0. The first-order chi connectivity index (χ1) is 1.00. The van der Waals surface area contributed by atoms with E-state index < -0.39 is 0 Å². The topological polar surface area (TPSA) is 17.1 Å². The predicted molar refractivity (Wildman–Crippen MR) is 10.3 cm³/mol. The van der Waals surface area contributed by atoms with Crippen LogP contribution in [0.4, 0.5) is 4.70 Å². The summed E-state index contributed by atoms with van der Waals surface area (Å²) in [6.45, 7) is 0. The first kappa shape index (κ1) is 25.3. The third-order valence-electron chi connectivity index (χ3n) is 0. The van der Waals surface area contributed by atoms with Crippen LogP contribution < -0.4 is 0 Å². The van der Waals surface area contributed by atoms with E-state index in [4.69, 9.17) is 3.80 Å². The van der Waals surface area contributed by atoms with E-state index in [0.29, 0.717) is 16.2 Å². The number of rotatable bonds is 0. The van der Waals surface area contributed by atoms with E-state index in [9.17, 15) is 0 Å². The van der Waals surface area contributed by atoms with Crippen molar-refractivity contribution in [1.29, 1.82) is 0 Å². The molecule has 0 N–H and O–H groups in total. The standard InChI is InChI=1S/Al.FH.Gd.O.Y.H/h;1H;;;;. The first-order valence-electron chi connectivity index (χ1n) is 0.289.